The van der Waals surface area contributed by atoms with Gasteiger partial charge in [-0.3, -0.25) is 0 Å². The molecule has 0 saturated carbocycles. The Bertz CT molecular complexity index is 195. The fourth-order valence-corrected chi connectivity index (χ4v) is 1.33. The minimum absolute atomic E-state index is 0.0846. The first-order chi connectivity index (χ1) is 4.83. The van der Waals surface area contributed by atoms with Crippen LogP contribution in [0.3, 0.4) is 0 Å². The molecule has 1 unspecified atom stereocenters. The van der Waals surface area contributed by atoms with Crippen molar-refractivity contribution in [2.45, 2.75) is 13.0 Å². The largest absolute Gasteiger partial charge is 0.368 e. The molecule has 0 aliphatic rings. The third kappa shape index (κ3) is 1.84. The monoisotopic (exact) mass is 155 g/mol. The highest BCUT2D eigenvalue weighted by Gasteiger charge is 1.97. The number of aldehydes is 1. The third-order valence-corrected chi connectivity index (χ3v) is 1.90. The zero-order valence-electron chi connectivity index (χ0n) is 5.70. The molecule has 0 amide bonds. The second-order valence-electron chi connectivity index (χ2n) is 2.05. The Kier molecular flexibility index (Phi) is 2.45. The lowest BCUT2D eigenvalue weighted by Crippen LogP contribution is -2.14. The number of anilines is 1. The maximum Gasteiger partial charge on any atom is 0.141 e. The van der Waals surface area contributed by atoms with E-state index in [1.54, 1.807) is 11.3 Å². The summed E-state index contributed by atoms with van der Waals surface area (Å²) in [7, 11) is 0. The van der Waals surface area contributed by atoms with Crippen LogP contribution in [-0.4, -0.2) is 12.3 Å². The lowest BCUT2D eigenvalue weighted by atomic mass is 10.4. The normalized spacial score (nSPS) is 12.5. The Morgan fingerprint density at radius 2 is 2.60 bits per heavy atom. The van der Waals surface area contributed by atoms with Crippen molar-refractivity contribution in [2.75, 3.05) is 5.32 Å². The second-order valence-corrected chi connectivity index (χ2v) is 2.99. The van der Waals surface area contributed by atoms with Crippen molar-refractivity contribution < 1.29 is 4.79 Å². The van der Waals surface area contributed by atoms with E-state index in [-0.39, 0.29) is 6.04 Å². The van der Waals surface area contributed by atoms with Crippen LogP contribution < -0.4 is 5.32 Å². The molecule has 0 fully saturated rings. The van der Waals surface area contributed by atoms with E-state index in [2.05, 4.69) is 5.32 Å². The fourth-order valence-electron chi connectivity index (χ4n) is 0.619. The summed E-state index contributed by atoms with van der Waals surface area (Å²) < 4.78 is 0. The zero-order chi connectivity index (χ0) is 7.40. The van der Waals surface area contributed by atoms with E-state index in [1.807, 2.05) is 24.4 Å². The van der Waals surface area contributed by atoms with Crippen LogP contribution in [0.5, 0.6) is 0 Å². The maximum atomic E-state index is 10.2. The average molecular weight is 155 g/mol. The van der Waals surface area contributed by atoms with Gasteiger partial charge in [-0.05, 0) is 24.4 Å². The van der Waals surface area contributed by atoms with Gasteiger partial charge in [0.2, 0.25) is 0 Å². The van der Waals surface area contributed by atoms with Crippen molar-refractivity contribution in [1.82, 2.24) is 0 Å². The first-order valence-corrected chi connectivity index (χ1v) is 3.96. The number of thiophene rings is 1. The minimum atomic E-state index is -0.0846. The van der Waals surface area contributed by atoms with Crippen molar-refractivity contribution >= 4 is 22.6 Å². The van der Waals surface area contributed by atoms with Gasteiger partial charge in [-0.15, -0.1) is 11.3 Å². The minimum Gasteiger partial charge on any atom is -0.368 e. The summed E-state index contributed by atoms with van der Waals surface area (Å²) in [6.45, 7) is 1.83. The lowest BCUT2D eigenvalue weighted by molar-refractivity contribution is -0.108. The molecule has 1 rings (SSSR count). The molecule has 0 bridgehead atoms. The van der Waals surface area contributed by atoms with Crippen molar-refractivity contribution in [3.63, 3.8) is 0 Å². The highest BCUT2D eigenvalue weighted by Crippen LogP contribution is 2.15. The molecule has 0 saturated heterocycles. The number of hydrogen-bond donors (Lipinski definition) is 1. The molecule has 0 aromatic carbocycles. The Morgan fingerprint density at radius 1 is 1.80 bits per heavy atom. The van der Waals surface area contributed by atoms with Crippen LogP contribution in [0.2, 0.25) is 0 Å². The summed E-state index contributed by atoms with van der Waals surface area (Å²) in [4.78, 5) is 10.2. The van der Waals surface area contributed by atoms with Crippen LogP contribution in [0.15, 0.2) is 17.5 Å². The van der Waals surface area contributed by atoms with Gasteiger partial charge in [-0.25, -0.2) is 0 Å². The molecule has 0 aliphatic carbocycles. The molecule has 0 radical (unpaired) electrons. The number of rotatable bonds is 3. The van der Waals surface area contributed by atoms with Gasteiger partial charge >= 0.3 is 0 Å². The molecule has 1 atom stereocenters. The van der Waals surface area contributed by atoms with Gasteiger partial charge in [-0.1, -0.05) is 0 Å². The molecule has 1 heterocycles. The molecule has 10 heavy (non-hydrogen) atoms. The van der Waals surface area contributed by atoms with Crippen LogP contribution in [0.1, 0.15) is 6.92 Å². The Hall–Kier alpha value is -0.830. The summed E-state index contributed by atoms with van der Waals surface area (Å²) in [5.41, 5.74) is 0. The summed E-state index contributed by atoms with van der Waals surface area (Å²) >= 11 is 1.60. The van der Waals surface area contributed by atoms with E-state index >= 15 is 0 Å². The van der Waals surface area contributed by atoms with E-state index in [0.29, 0.717) is 0 Å². The molecule has 1 aromatic heterocycles. The van der Waals surface area contributed by atoms with Crippen LogP contribution in [-0.2, 0) is 4.79 Å². The van der Waals surface area contributed by atoms with Crippen LogP contribution in [0.4, 0.5) is 5.00 Å². The van der Waals surface area contributed by atoms with Gasteiger partial charge in [0.05, 0.1) is 11.0 Å². The summed E-state index contributed by atoms with van der Waals surface area (Å²) in [6.07, 6.45) is 0.889. The fraction of sp³-hybridized carbons (Fsp3) is 0.286. The van der Waals surface area contributed by atoms with Gasteiger partial charge in [-0.2, -0.15) is 0 Å². The van der Waals surface area contributed by atoms with Gasteiger partial charge in [0, 0.05) is 0 Å². The molecular weight excluding hydrogens is 146 g/mol. The third-order valence-electron chi connectivity index (χ3n) is 1.10. The van der Waals surface area contributed by atoms with Gasteiger partial charge in [0.1, 0.15) is 6.29 Å². The van der Waals surface area contributed by atoms with Crippen molar-refractivity contribution in [1.29, 1.82) is 0 Å². The first-order valence-electron chi connectivity index (χ1n) is 3.08. The van der Waals surface area contributed by atoms with Gasteiger partial charge in [0.15, 0.2) is 0 Å². The summed E-state index contributed by atoms with van der Waals surface area (Å²) in [5.74, 6) is 0. The SMILES string of the molecule is CC(C=O)Nc1cccs1. The second kappa shape index (κ2) is 3.37. The molecule has 2 nitrogen and oxygen atoms in total. The molecule has 1 aromatic rings. The Balaban J connectivity index is 2.47. The number of carbonyl (C=O) groups excluding carboxylic acids is 1. The quantitative estimate of drug-likeness (QED) is 0.674. The summed E-state index contributed by atoms with van der Waals surface area (Å²) in [5, 5.41) is 6.04. The topological polar surface area (TPSA) is 29.1 Å². The van der Waals surface area contributed by atoms with E-state index in [1.165, 1.54) is 0 Å². The molecule has 0 aliphatic heterocycles. The predicted molar refractivity (Wildman–Crippen MR) is 43.5 cm³/mol. The number of nitrogens with one attached hydrogen (secondary N) is 1. The molecule has 0 spiro atoms. The van der Waals surface area contributed by atoms with Crippen LogP contribution >= 0.6 is 11.3 Å². The molecule has 54 valence electrons. The van der Waals surface area contributed by atoms with Crippen molar-refractivity contribution in [3.05, 3.63) is 17.5 Å². The zero-order valence-corrected chi connectivity index (χ0v) is 6.52. The first kappa shape index (κ1) is 7.28. The standard InChI is InChI=1S/C7H9NOS/c1-6(5-9)8-7-3-2-4-10-7/h2-6,8H,1H3. The van der Waals surface area contributed by atoms with Gasteiger partial charge in [0.25, 0.3) is 0 Å². The van der Waals surface area contributed by atoms with Crippen molar-refractivity contribution in [3.8, 4) is 0 Å². The van der Waals surface area contributed by atoms with E-state index in [0.717, 1.165) is 11.3 Å². The van der Waals surface area contributed by atoms with E-state index in [4.69, 9.17) is 0 Å². The molecular formula is C7H9NOS. The van der Waals surface area contributed by atoms with Crippen LogP contribution in [0, 0.1) is 0 Å². The van der Waals surface area contributed by atoms with E-state index < -0.39 is 0 Å². The van der Waals surface area contributed by atoms with Crippen LogP contribution in [0.25, 0.3) is 0 Å². The lowest BCUT2D eigenvalue weighted by Gasteiger charge is -2.03. The highest BCUT2D eigenvalue weighted by atomic mass is 32.1. The Morgan fingerprint density at radius 3 is 3.10 bits per heavy atom. The predicted octanol–water partition coefficient (Wildman–Crippen LogP) is 1.75. The van der Waals surface area contributed by atoms with Crippen molar-refractivity contribution in [2.24, 2.45) is 0 Å². The molecule has 3 heteroatoms. The summed E-state index contributed by atoms with van der Waals surface area (Å²) in [6, 6.07) is 3.81. The number of hydrogen-bond acceptors (Lipinski definition) is 3. The molecule has 1 N–H and O–H groups in total. The Labute approximate surface area is 63.9 Å². The average Bonchev–Trinajstić information content (AvgIpc) is 2.40. The van der Waals surface area contributed by atoms with Gasteiger partial charge < -0.3 is 10.1 Å². The van der Waals surface area contributed by atoms with E-state index in [9.17, 15) is 4.79 Å². The smallest absolute Gasteiger partial charge is 0.141 e. The highest BCUT2D eigenvalue weighted by molar-refractivity contribution is 7.14. The number of carbonyl (C=O) groups is 1. The maximum absolute atomic E-state index is 10.2.